The van der Waals surface area contributed by atoms with Gasteiger partial charge in [0.25, 0.3) is 0 Å². The van der Waals surface area contributed by atoms with Gasteiger partial charge >= 0.3 is 5.97 Å². The third-order valence-electron chi connectivity index (χ3n) is 5.95. The van der Waals surface area contributed by atoms with E-state index in [0.29, 0.717) is 32.2 Å². The highest BCUT2D eigenvalue weighted by molar-refractivity contribution is 5.92. The van der Waals surface area contributed by atoms with Gasteiger partial charge in [-0.25, -0.2) is 4.79 Å². The van der Waals surface area contributed by atoms with E-state index in [1.54, 1.807) is 0 Å². The molecule has 0 aromatic heterocycles. The fraction of sp³-hybridized carbons (Fsp3) is 0.346. The maximum absolute atomic E-state index is 12.2. The maximum atomic E-state index is 12.2. The lowest BCUT2D eigenvalue weighted by Gasteiger charge is -2.44. The molecule has 1 atom stereocenters. The second-order valence-electron chi connectivity index (χ2n) is 7.98. The predicted molar refractivity (Wildman–Crippen MR) is 124 cm³/mol. The van der Waals surface area contributed by atoms with Crippen molar-refractivity contribution in [3.8, 4) is 11.1 Å². The average Bonchev–Trinajstić information content (AvgIpc) is 2.82. The predicted octanol–water partition coefficient (Wildman–Crippen LogP) is 4.11. The molecule has 0 aliphatic carbocycles. The first-order valence-corrected chi connectivity index (χ1v) is 11.1. The lowest BCUT2D eigenvalue weighted by molar-refractivity contribution is -0.133. The van der Waals surface area contributed by atoms with Crippen LogP contribution in [0, 0.1) is 0 Å². The Morgan fingerprint density at radius 2 is 1.78 bits per heavy atom. The summed E-state index contributed by atoms with van der Waals surface area (Å²) >= 11 is 0. The van der Waals surface area contributed by atoms with E-state index >= 15 is 0 Å². The quantitative estimate of drug-likeness (QED) is 0.708. The van der Waals surface area contributed by atoms with Crippen LogP contribution in [0.2, 0.25) is 0 Å². The molecule has 2 heterocycles. The monoisotopic (exact) mass is 434 g/mol. The number of aliphatic carboxylic acids is 1. The molecular weight excluding hydrogens is 404 g/mol. The fourth-order valence-corrected chi connectivity index (χ4v) is 4.43. The zero-order valence-electron chi connectivity index (χ0n) is 18.7. The van der Waals surface area contributed by atoms with Crippen LogP contribution < -0.4 is 0 Å². The van der Waals surface area contributed by atoms with Crippen LogP contribution in [0.1, 0.15) is 19.4 Å². The SMILES string of the molecule is CCOC1=C(C(=O)O)C(C)=CC(N2CCOCC2)N1Cc1ccccc1-c1ccccc1. The highest BCUT2D eigenvalue weighted by Crippen LogP contribution is 2.34. The Hall–Kier alpha value is -3.09. The fourth-order valence-electron chi connectivity index (χ4n) is 4.43. The van der Waals surface area contributed by atoms with Crippen LogP contribution in [0.25, 0.3) is 11.1 Å². The zero-order valence-corrected chi connectivity index (χ0v) is 18.7. The van der Waals surface area contributed by atoms with Crippen LogP contribution in [-0.2, 0) is 20.8 Å². The highest BCUT2D eigenvalue weighted by atomic mass is 16.5. The van der Waals surface area contributed by atoms with Gasteiger partial charge in [-0.3, -0.25) is 4.90 Å². The van der Waals surface area contributed by atoms with Gasteiger partial charge in [-0.05, 0) is 42.2 Å². The van der Waals surface area contributed by atoms with E-state index in [9.17, 15) is 9.90 Å². The molecule has 2 aromatic rings. The molecule has 32 heavy (non-hydrogen) atoms. The van der Waals surface area contributed by atoms with Crippen LogP contribution in [0.3, 0.4) is 0 Å². The van der Waals surface area contributed by atoms with Crippen molar-refractivity contribution in [3.63, 3.8) is 0 Å². The average molecular weight is 435 g/mol. The summed E-state index contributed by atoms with van der Waals surface area (Å²) in [6.45, 7) is 7.56. The summed E-state index contributed by atoms with van der Waals surface area (Å²) in [5, 5.41) is 9.98. The number of ether oxygens (including phenoxy) is 2. The summed E-state index contributed by atoms with van der Waals surface area (Å²) in [7, 11) is 0. The van der Waals surface area contributed by atoms with E-state index in [4.69, 9.17) is 9.47 Å². The van der Waals surface area contributed by atoms with Crippen molar-refractivity contribution < 1.29 is 19.4 Å². The molecule has 0 radical (unpaired) electrons. The van der Waals surface area contributed by atoms with Gasteiger partial charge in [-0.2, -0.15) is 0 Å². The number of hydrogen-bond donors (Lipinski definition) is 1. The van der Waals surface area contributed by atoms with E-state index in [2.05, 4.69) is 34.1 Å². The van der Waals surface area contributed by atoms with Gasteiger partial charge in [0, 0.05) is 19.6 Å². The van der Waals surface area contributed by atoms with Crippen LogP contribution in [0.5, 0.6) is 0 Å². The van der Waals surface area contributed by atoms with Gasteiger partial charge < -0.3 is 19.5 Å². The van der Waals surface area contributed by atoms with Gasteiger partial charge in [-0.15, -0.1) is 0 Å². The standard InChI is InChI=1S/C26H30N2O4/c1-3-32-25-24(26(29)30)19(2)17-23(27-13-15-31-16-14-27)28(25)18-21-11-7-8-12-22(21)20-9-5-4-6-10-20/h4-12,17,23H,3,13-16,18H2,1-2H3,(H,29,30). The Balaban J connectivity index is 1.78. The highest BCUT2D eigenvalue weighted by Gasteiger charge is 2.36. The Labute approximate surface area is 189 Å². The smallest absolute Gasteiger partial charge is 0.341 e. The number of benzene rings is 2. The van der Waals surface area contributed by atoms with Crippen LogP contribution in [-0.4, -0.2) is 60.0 Å². The molecule has 1 unspecified atom stereocenters. The normalized spacial score (nSPS) is 19.6. The molecular formula is C26H30N2O4. The van der Waals surface area contributed by atoms with E-state index in [1.165, 1.54) is 0 Å². The van der Waals surface area contributed by atoms with Crippen molar-refractivity contribution in [1.82, 2.24) is 9.80 Å². The summed E-state index contributed by atoms with van der Waals surface area (Å²) in [5.41, 5.74) is 4.34. The first-order chi connectivity index (χ1) is 15.6. The minimum absolute atomic E-state index is 0.104. The summed E-state index contributed by atoms with van der Waals surface area (Å²) in [5.74, 6) is -0.539. The number of hydrogen-bond acceptors (Lipinski definition) is 5. The van der Waals surface area contributed by atoms with Gasteiger partial charge in [0.05, 0.1) is 19.8 Å². The molecule has 2 aliphatic rings. The lowest BCUT2D eigenvalue weighted by Crippen LogP contribution is -2.53. The summed E-state index contributed by atoms with van der Waals surface area (Å²) in [4.78, 5) is 16.6. The molecule has 1 saturated heterocycles. The van der Waals surface area contributed by atoms with Crippen LogP contribution in [0.15, 0.2) is 77.7 Å². The number of rotatable bonds is 7. The number of carboxylic acid groups (broad SMARTS) is 1. The maximum Gasteiger partial charge on any atom is 0.341 e. The molecule has 0 bridgehead atoms. The molecule has 6 nitrogen and oxygen atoms in total. The minimum atomic E-state index is -0.969. The van der Waals surface area contributed by atoms with Gasteiger partial charge in [0.1, 0.15) is 11.7 Å². The Kier molecular flexibility index (Phi) is 6.93. The number of nitrogens with zero attached hydrogens (tertiary/aromatic N) is 2. The number of carbonyl (C=O) groups is 1. The van der Waals surface area contributed by atoms with Gasteiger partial charge in [0.15, 0.2) is 0 Å². The third-order valence-corrected chi connectivity index (χ3v) is 5.95. The topological polar surface area (TPSA) is 62.2 Å². The summed E-state index contributed by atoms with van der Waals surface area (Å²) in [6.07, 6.45) is 1.94. The molecule has 0 saturated carbocycles. The van der Waals surface area contributed by atoms with E-state index in [0.717, 1.165) is 35.4 Å². The number of morpholine rings is 1. The Morgan fingerprint density at radius 1 is 1.09 bits per heavy atom. The molecule has 4 rings (SSSR count). The Morgan fingerprint density at radius 3 is 2.47 bits per heavy atom. The summed E-state index contributed by atoms with van der Waals surface area (Å²) in [6, 6.07) is 18.5. The second-order valence-corrected chi connectivity index (χ2v) is 7.98. The molecule has 1 fully saturated rings. The van der Waals surface area contributed by atoms with E-state index in [1.807, 2.05) is 50.3 Å². The van der Waals surface area contributed by atoms with Crippen LogP contribution in [0.4, 0.5) is 0 Å². The van der Waals surface area contributed by atoms with E-state index in [-0.39, 0.29) is 11.7 Å². The molecule has 1 N–H and O–H groups in total. The first kappa shape index (κ1) is 22.1. The van der Waals surface area contributed by atoms with Crippen molar-refractivity contribution in [1.29, 1.82) is 0 Å². The largest absolute Gasteiger partial charge is 0.479 e. The molecule has 2 aromatic carbocycles. The molecule has 0 amide bonds. The van der Waals surface area contributed by atoms with Crippen molar-refractivity contribution in [3.05, 3.63) is 83.3 Å². The number of carboxylic acids is 1. The molecule has 0 spiro atoms. The van der Waals surface area contributed by atoms with E-state index < -0.39 is 5.97 Å². The van der Waals surface area contributed by atoms with Gasteiger partial charge in [-0.1, -0.05) is 54.6 Å². The van der Waals surface area contributed by atoms with Crippen LogP contribution >= 0.6 is 0 Å². The molecule has 2 aliphatic heterocycles. The van der Waals surface area contributed by atoms with Gasteiger partial charge in [0.2, 0.25) is 5.88 Å². The van der Waals surface area contributed by atoms with Crippen molar-refractivity contribution in [2.45, 2.75) is 26.6 Å². The lowest BCUT2D eigenvalue weighted by atomic mass is 9.97. The third kappa shape index (κ3) is 4.56. The molecule has 168 valence electrons. The second kappa shape index (κ2) is 10.0. The molecule has 6 heteroatoms. The van der Waals surface area contributed by atoms with Crippen molar-refractivity contribution in [2.75, 3.05) is 32.9 Å². The minimum Gasteiger partial charge on any atom is -0.479 e. The van der Waals surface area contributed by atoms with Crippen molar-refractivity contribution in [2.24, 2.45) is 0 Å². The first-order valence-electron chi connectivity index (χ1n) is 11.1. The van der Waals surface area contributed by atoms with Crippen molar-refractivity contribution >= 4 is 5.97 Å². The Bertz CT molecular complexity index is 1010. The zero-order chi connectivity index (χ0) is 22.5. The summed E-state index contributed by atoms with van der Waals surface area (Å²) < 4.78 is 11.6.